The van der Waals surface area contributed by atoms with Gasteiger partial charge >= 0.3 is 0 Å². The lowest BCUT2D eigenvalue weighted by molar-refractivity contribution is 0.281. The van der Waals surface area contributed by atoms with Gasteiger partial charge in [-0.25, -0.2) is 17.8 Å². The molecule has 142 valence electrons. The van der Waals surface area contributed by atoms with E-state index in [1.54, 1.807) is 31.5 Å². The van der Waals surface area contributed by atoms with Crippen LogP contribution in [-0.4, -0.2) is 34.3 Å². The Balaban J connectivity index is 1.94. The molecule has 0 amide bonds. The van der Waals surface area contributed by atoms with E-state index in [2.05, 4.69) is 15.3 Å². The Kier molecular flexibility index (Phi) is 4.99. The van der Waals surface area contributed by atoms with Crippen LogP contribution in [0.2, 0.25) is 0 Å². The van der Waals surface area contributed by atoms with Crippen LogP contribution in [0.25, 0.3) is 5.82 Å². The van der Waals surface area contributed by atoms with Crippen molar-refractivity contribution in [3.05, 3.63) is 59.3 Å². The second kappa shape index (κ2) is 7.09. The molecule has 0 fully saturated rings. The molecule has 0 aliphatic heterocycles. The van der Waals surface area contributed by atoms with E-state index < -0.39 is 15.7 Å². The van der Waals surface area contributed by atoms with Crippen LogP contribution in [0.4, 0.5) is 16.0 Å². The Morgan fingerprint density at radius 2 is 1.96 bits per heavy atom. The highest BCUT2D eigenvalue weighted by Gasteiger charge is 2.14. The number of hydrogen-bond donors (Lipinski definition) is 2. The second-order valence-corrected chi connectivity index (χ2v) is 8.26. The largest absolute Gasteiger partial charge is 0.392 e. The second-order valence-electron chi connectivity index (χ2n) is 6.27. The molecule has 2 N–H and O–H groups in total. The van der Waals surface area contributed by atoms with E-state index in [9.17, 15) is 17.9 Å². The maximum absolute atomic E-state index is 14.2. The van der Waals surface area contributed by atoms with Crippen molar-refractivity contribution in [3.8, 4) is 5.82 Å². The van der Waals surface area contributed by atoms with Crippen LogP contribution in [0, 0.1) is 19.7 Å². The van der Waals surface area contributed by atoms with Gasteiger partial charge in [0, 0.05) is 24.3 Å². The molecule has 27 heavy (non-hydrogen) atoms. The summed E-state index contributed by atoms with van der Waals surface area (Å²) in [7, 11) is -3.31. The Hall–Kier alpha value is -2.78. The fourth-order valence-electron chi connectivity index (χ4n) is 2.76. The molecule has 3 aromatic rings. The summed E-state index contributed by atoms with van der Waals surface area (Å²) in [5, 5.41) is 12.3. The average Bonchev–Trinajstić information content (AvgIpc) is 2.96. The van der Waals surface area contributed by atoms with Crippen molar-refractivity contribution in [1.82, 2.24) is 14.5 Å². The highest BCUT2D eigenvalue weighted by molar-refractivity contribution is 7.90. The fraction of sp³-hybridized carbons (Fsp3) is 0.222. The summed E-state index contributed by atoms with van der Waals surface area (Å²) in [5.41, 5.74) is 2.65. The van der Waals surface area contributed by atoms with E-state index in [0.717, 1.165) is 18.0 Å². The lowest BCUT2D eigenvalue weighted by Crippen LogP contribution is -2.05. The van der Waals surface area contributed by atoms with Crippen LogP contribution >= 0.6 is 0 Å². The molecular weight excluding hydrogens is 371 g/mol. The van der Waals surface area contributed by atoms with Crippen LogP contribution in [0.1, 0.15) is 16.7 Å². The van der Waals surface area contributed by atoms with Gasteiger partial charge in [0.25, 0.3) is 0 Å². The van der Waals surface area contributed by atoms with Crippen molar-refractivity contribution < 1.29 is 17.9 Å². The van der Waals surface area contributed by atoms with Gasteiger partial charge < -0.3 is 15.0 Å². The van der Waals surface area contributed by atoms with Gasteiger partial charge in [-0.05, 0) is 48.7 Å². The molecule has 0 aliphatic carbocycles. The van der Waals surface area contributed by atoms with Crippen molar-refractivity contribution in [3.63, 3.8) is 0 Å². The van der Waals surface area contributed by atoms with Crippen LogP contribution < -0.4 is 5.32 Å². The summed E-state index contributed by atoms with van der Waals surface area (Å²) in [6, 6.07) is 4.76. The topological polar surface area (TPSA) is 97.1 Å². The quantitative estimate of drug-likeness (QED) is 0.695. The van der Waals surface area contributed by atoms with Gasteiger partial charge in [-0.3, -0.25) is 0 Å². The summed E-state index contributed by atoms with van der Waals surface area (Å²) >= 11 is 0. The van der Waals surface area contributed by atoms with Crippen LogP contribution in [0.5, 0.6) is 0 Å². The molecule has 2 aromatic heterocycles. The molecule has 0 unspecified atom stereocenters. The first-order chi connectivity index (χ1) is 12.7. The first-order valence-electron chi connectivity index (χ1n) is 8.08. The van der Waals surface area contributed by atoms with Gasteiger partial charge in [0.05, 0.1) is 17.7 Å². The number of hydrogen-bond acceptors (Lipinski definition) is 6. The summed E-state index contributed by atoms with van der Waals surface area (Å²) in [5.74, 6) is -0.404. The maximum Gasteiger partial charge on any atom is 0.229 e. The van der Waals surface area contributed by atoms with E-state index in [4.69, 9.17) is 0 Å². The monoisotopic (exact) mass is 390 g/mol. The van der Waals surface area contributed by atoms with Crippen LogP contribution in [-0.2, 0) is 16.4 Å². The normalized spacial score (nSPS) is 11.6. The Labute approximate surface area is 156 Å². The number of aliphatic hydroxyl groups excluding tert-OH is 1. The highest BCUT2D eigenvalue weighted by atomic mass is 32.2. The number of halogens is 1. The minimum Gasteiger partial charge on any atom is -0.392 e. The number of anilines is 2. The Morgan fingerprint density at radius 1 is 1.22 bits per heavy atom. The molecule has 0 bridgehead atoms. The number of nitrogens with one attached hydrogen (secondary N) is 1. The van der Waals surface area contributed by atoms with Crippen LogP contribution in [0.15, 0.2) is 41.7 Å². The van der Waals surface area contributed by atoms with Crippen molar-refractivity contribution in [2.24, 2.45) is 0 Å². The molecule has 0 aliphatic rings. The minimum absolute atomic E-state index is 0.0415. The minimum atomic E-state index is -3.31. The summed E-state index contributed by atoms with van der Waals surface area (Å²) in [6.07, 6.45) is 5.48. The van der Waals surface area contributed by atoms with Crippen molar-refractivity contribution in [2.45, 2.75) is 25.3 Å². The Morgan fingerprint density at radius 3 is 2.56 bits per heavy atom. The number of aryl methyl sites for hydroxylation is 2. The molecule has 0 spiro atoms. The smallest absolute Gasteiger partial charge is 0.229 e. The Bertz CT molecular complexity index is 1110. The molecule has 0 atom stereocenters. The maximum atomic E-state index is 14.2. The first-order valence-corrected chi connectivity index (χ1v) is 9.97. The summed E-state index contributed by atoms with van der Waals surface area (Å²) in [6.45, 7) is 3.35. The SMILES string of the molecule is Cc1cn(-c2nc(Nc3ccc(S(C)(=O)=O)c(C)c3)ncc2F)cc1CO. The fourth-order valence-corrected chi connectivity index (χ4v) is 3.72. The molecule has 0 radical (unpaired) electrons. The first kappa shape index (κ1) is 19.0. The zero-order chi connectivity index (χ0) is 19.8. The van der Waals surface area contributed by atoms with E-state index in [1.807, 2.05) is 6.92 Å². The lowest BCUT2D eigenvalue weighted by Gasteiger charge is -2.10. The highest BCUT2D eigenvalue weighted by Crippen LogP contribution is 2.23. The van der Waals surface area contributed by atoms with E-state index in [1.165, 1.54) is 10.6 Å². The predicted octanol–water partition coefficient (Wildman–Crippen LogP) is 2.66. The number of rotatable bonds is 5. The van der Waals surface area contributed by atoms with Crippen molar-refractivity contribution in [2.75, 3.05) is 11.6 Å². The van der Waals surface area contributed by atoms with Gasteiger partial charge in [0.1, 0.15) is 0 Å². The molecule has 7 nitrogen and oxygen atoms in total. The molecular formula is C18H19FN4O3S. The zero-order valence-electron chi connectivity index (χ0n) is 15.1. The molecule has 3 rings (SSSR count). The number of benzene rings is 1. The molecule has 9 heteroatoms. The average molecular weight is 390 g/mol. The third-order valence-electron chi connectivity index (χ3n) is 4.11. The van der Waals surface area contributed by atoms with Gasteiger partial charge in [0.2, 0.25) is 5.95 Å². The predicted molar refractivity (Wildman–Crippen MR) is 99.5 cm³/mol. The zero-order valence-corrected chi connectivity index (χ0v) is 15.9. The lowest BCUT2D eigenvalue weighted by atomic mass is 10.2. The van der Waals surface area contributed by atoms with Crippen molar-refractivity contribution in [1.29, 1.82) is 0 Å². The molecule has 0 saturated heterocycles. The molecule has 2 heterocycles. The third-order valence-corrected chi connectivity index (χ3v) is 5.36. The molecule has 0 saturated carbocycles. The number of aliphatic hydroxyl groups is 1. The van der Waals surface area contributed by atoms with Crippen molar-refractivity contribution >= 4 is 21.5 Å². The van der Waals surface area contributed by atoms with E-state index >= 15 is 0 Å². The van der Waals surface area contributed by atoms with E-state index in [0.29, 0.717) is 16.8 Å². The van der Waals surface area contributed by atoms with Gasteiger partial charge in [-0.15, -0.1) is 0 Å². The third kappa shape index (κ3) is 3.99. The van der Waals surface area contributed by atoms with Crippen LogP contribution in [0.3, 0.4) is 0 Å². The number of aromatic nitrogens is 3. The van der Waals surface area contributed by atoms with Gasteiger partial charge in [-0.2, -0.15) is 4.98 Å². The number of sulfone groups is 1. The summed E-state index contributed by atoms with van der Waals surface area (Å²) in [4.78, 5) is 8.37. The number of nitrogens with zero attached hydrogens (tertiary/aromatic N) is 3. The standard InChI is InChI=1S/C18H19FN4O3S/c1-11-6-14(4-5-16(11)27(3,25)26)21-18-20-7-15(19)17(22-18)23-8-12(2)13(9-23)10-24/h4-9,24H,10H2,1-3H3,(H,20,21,22). The molecule has 1 aromatic carbocycles. The van der Waals surface area contributed by atoms with E-state index in [-0.39, 0.29) is 23.3 Å². The summed E-state index contributed by atoms with van der Waals surface area (Å²) < 4.78 is 39.1. The van der Waals surface area contributed by atoms with Gasteiger partial charge in [0.15, 0.2) is 21.5 Å². The van der Waals surface area contributed by atoms with Gasteiger partial charge in [-0.1, -0.05) is 0 Å².